The normalized spacial score (nSPS) is 12.0. The number of H-pyrrole nitrogens is 1. The van der Waals surface area contributed by atoms with Crippen LogP contribution in [0.5, 0.6) is 5.75 Å². The second kappa shape index (κ2) is 13.0. The molecule has 1 heterocycles. The number of unbranched alkanes of at least 4 members (excludes halogenated alkanes) is 9. The van der Waals surface area contributed by atoms with E-state index in [-0.39, 0.29) is 11.8 Å². The summed E-state index contributed by atoms with van der Waals surface area (Å²) >= 11 is 5.11. The zero-order chi connectivity index (χ0) is 21.8. The zero-order valence-electron chi connectivity index (χ0n) is 17.7. The molecule has 1 aromatic heterocycles. The number of non-ortho nitro benzene ring substituents is 1. The van der Waals surface area contributed by atoms with E-state index in [1.807, 2.05) is 0 Å². The van der Waals surface area contributed by atoms with Gasteiger partial charge in [-0.2, -0.15) is 5.10 Å². The number of rotatable bonds is 15. The molecule has 2 rings (SSSR count). The van der Waals surface area contributed by atoms with Crippen LogP contribution in [0.15, 0.2) is 24.3 Å². The van der Waals surface area contributed by atoms with Crippen LogP contribution in [0.4, 0.5) is 5.69 Å². The molecular formula is C21H33N5O3S. The molecule has 1 unspecified atom stereocenters. The van der Waals surface area contributed by atoms with Gasteiger partial charge < -0.3 is 10.6 Å². The molecule has 8 nitrogen and oxygen atoms in total. The summed E-state index contributed by atoms with van der Waals surface area (Å²) in [5.74, 6) is 7.05. The number of aromatic nitrogens is 3. The molecule has 3 N–H and O–H groups in total. The van der Waals surface area contributed by atoms with Crippen LogP contribution in [0.3, 0.4) is 0 Å². The predicted octanol–water partition coefficient (Wildman–Crippen LogP) is 5.99. The van der Waals surface area contributed by atoms with E-state index in [0.29, 0.717) is 16.3 Å². The maximum absolute atomic E-state index is 10.8. The van der Waals surface area contributed by atoms with Gasteiger partial charge in [0.05, 0.1) is 4.92 Å². The molecule has 0 saturated heterocycles. The molecule has 1 atom stereocenters. The van der Waals surface area contributed by atoms with Crippen LogP contribution in [0.25, 0.3) is 0 Å². The summed E-state index contributed by atoms with van der Waals surface area (Å²) in [6.45, 7) is 2.24. The van der Waals surface area contributed by atoms with Crippen LogP contribution in [0.2, 0.25) is 0 Å². The highest BCUT2D eigenvalue weighted by Gasteiger charge is 2.20. The molecule has 0 aliphatic heterocycles. The van der Waals surface area contributed by atoms with Crippen molar-refractivity contribution in [3.8, 4) is 5.75 Å². The number of nitrogen functional groups attached to an aromatic ring is 1. The van der Waals surface area contributed by atoms with Crippen LogP contribution >= 0.6 is 12.2 Å². The molecule has 0 radical (unpaired) electrons. The summed E-state index contributed by atoms with van der Waals surface area (Å²) in [5.41, 5.74) is 0.0232. The zero-order valence-corrected chi connectivity index (χ0v) is 18.5. The molecule has 0 aliphatic rings. The Morgan fingerprint density at radius 3 is 2.17 bits per heavy atom. The lowest BCUT2D eigenvalue weighted by Gasteiger charge is -2.18. The van der Waals surface area contributed by atoms with Crippen molar-refractivity contribution in [3.05, 3.63) is 45.0 Å². The van der Waals surface area contributed by atoms with Crippen molar-refractivity contribution in [2.45, 2.75) is 83.7 Å². The summed E-state index contributed by atoms with van der Waals surface area (Å²) in [6, 6.07) is 6.02. The van der Waals surface area contributed by atoms with Gasteiger partial charge in [0.2, 0.25) is 4.77 Å². The van der Waals surface area contributed by atoms with Gasteiger partial charge >= 0.3 is 0 Å². The molecule has 0 bridgehead atoms. The van der Waals surface area contributed by atoms with E-state index in [2.05, 4.69) is 17.1 Å². The van der Waals surface area contributed by atoms with E-state index in [0.717, 1.165) is 19.3 Å². The molecule has 0 amide bonds. The van der Waals surface area contributed by atoms with E-state index in [4.69, 9.17) is 22.8 Å². The Morgan fingerprint density at radius 1 is 1.10 bits per heavy atom. The molecular weight excluding hydrogens is 402 g/mol. The van der Waals surface area contributed by atoms with E-state index in [1.54, 1.807) is 12.1 Å². The Bertz CT molecular complexity index is 819. The van der Waals surface area contributed by atoms with Gasteiger partial charge in [0.15, 0.2) is 11.9 Å². The minimum atomic E-state index is -0.434. The molecule has 0 spiro atoms. The number of nitro groups is 1. The Labute approximate surface area is 182 Å². The second-order valence-electron chi connectivity index (χ2n) is 7.59. The van der Waals surface area contributed by atoms with Crippen molar-refractivity contribution in [2.75, 3.05) is 5.84 Å². The Morgan fingerprint density at radius 2 is 1.67 bits per heavy atom. The van der Waals surface area contributed by atoms with Crippen molar-refractivity contribution >= 4 is 17.9 Å². The van der Waals surface area contributed by atoms with Gasteiger partial charge in [-0.25, -0.2) is 4.68 Å². The highest BCUT2D eigenvalue weighted by molar-refractivity contribution is 7.71. The summed E-state index contributed by atoms with van der Waals surface area (Å²) in [4.78, 5) is 10.4. The number of hydrogen-bond acceptors (Lipinski definition) is 6. The first kappa shape index (κ1) is 23.9. The summed E-state index contributed by atoms with van der Waals surface area (Å²) in [7, 11) is 0. The maximum atomic E-state index is 10.8. The fourth-order valence-corrected chi connectivity index (χ4v) is 3.55. The van der Waals surface area contributed by atoms with Gasteiger partial charge in [0.1, 0.15) is 5.75 Å². The lowest BCUT2D eigenvalue weighted by Crippen LogP contribution is -2.19. The summed E-state index contributed by atoms with van der Waals surface area (Å²) in [5, 5.41) is 17.7. The third-order valence-corrected chi connectivity index (χ3v) is 5.45. The minimum absolute atomic E-state index is 0.0232. The van der Waals surface area contributed by atoms with Crippen molar-refractivity contribution in [1.82, 2.24) is 14.9 Å². The Hall–Kier alpha value is -2.42. The minimum Gasteiger partial charge on any atom is -0.482 e. The van der Waals surface area contributed by atoms with Crippen molar-refractivity contribution in [2.24, 2.45) is 0 Å². The standard InChI is InChI=1S/C21H33N5O3S/c1-2-3-4-5-6-7-8-9-10-11-12-19(20-23-24-21(30)25(20)22)29-18-15-13-17(14-16-18)26(27)28/h13-16,19H,2-12,22H2,1H3,(H,24,30). The largest absolute Gasteiger partial charge is 0.482 e. The average molecular weight is 436 g/mol. The monoisotopic (exact) mass is 435 g/mol. The number of aromatic amines is 1. The summed E-state index contributed by atoms with van der Waals surface area (Å²) < 4.78 is 7.71. The Balaban J connectivity index is 1.83. The average Bonchev–Trinajstić information content (AvgIpc) is 3.07. The fraction of sp³-hybridized carbons (Fsp3) is 0.619. The van der Waals surface area contributed by atoms with Gasteiger partial charge in [0.25, 0.3) is 5.69 Å². The molecule has 2 aromatic rings. The van der Waals surface area contributed by atoms with Gasteiger partial charge in [-0.15, -0.1) is 0 Å². The first-order valence-corrected chi connectivity index (χ1v) is 11.3. The van der Waals surface area contributed by atoms with Crippen molar-refractivity contribution in [3.63, 3.8) is 0 Å². The first-order chi connectivity index (χ1) is 14.5. The number of nitro benzene ring substituents is 1. The van der Waals surface area contributed by atoms with Crippen molar-refractivity contribution < 1.29 is 9.66 Å². The third kappa shape index (κ3) is 7.78. The highest BCUT2D eigenvalue weighted by atomic mass is 32.1. The number of benzene rings is 1. The van der Waals surface area contributed by atoms with E-state index >= 15 is 0 Å². The Kier molecular flexibility index (Phi) is 10.3. The van der Waals surface area contributed by atoms with Gasteiger partial charge in [0, 0.05) is 12.1 Å². The quantitative estimate of drug-likeness (QED) is 0.117. The number of hydrogen-bond donors (Lipinski definition) is 2. The molecule has 0 saturated carbocycles. The van der Waals surface area contributed by atoms with Crippen LogP contribution in [-0.2, 0) is 0 Å². The smallest absolute Gasteiger partial charge is 0.269 e. The van der Waals surface area contributed by atoms with Crippen molar-refractivity contribution in [1.29, 1.82) is 0 Å². The fourth-order valence-electron chi connectivity index (χ4n) is 3.41. The van der Waals surface area contributed by atoms with Gasteiger partial charge in [-0.05, 0) is 37.2 Å². The number of nitrogens with zero attached hydrogens (tertiary/aromatic N) is 3. The molecule has 30 heavy (non-hydrogen) atoms. The molecule has 0 fully saturated rings. The lowest BCUT2D eigenvalue weighted by molar-refractivity contribution is -0.384. The van der Waals surface area contributed by atoms with E-state index in [9.17, 15) is 10.1 Å². The van der Waals surface area contributed by atoms with E-state index in [1.165, 1.54) is 68.2 Å². The predicted molar refractivity (Wildman–Crippen MR) is 120 cm³/mol. The second-order valence-corrected chi connectivity index (χ2v) is 7.97. The summed E-state index contributed by atoms with van der Waals surface area (Å²) in [6.07, 6.45) is 12.9. The molecule has 9 heteroatoms. The first-order valence-electron chi connectivity index (χ1n) is 10.9. The number of ether oxygens (including phenoxy) is 1. The topological polar surface area (TPSA) is 112 Å². The van der Waals surface area contributed by atoms with Crippen LogP contribution in [-0.4, -0.2) is 19.8 Å². The lowest BCUT2D eigenvalue weighted by atomic mass is 10.0. The molecule has 1 aromatic carbocycles. The maximum Gasteiger partial charge on any atom is 0.269 e. The van der Waals surface area contributed by atoms with Crippen LogP contribution in [0.1, 0.15) is 89.5 Å². The van der Waals surface area contributed by atoms with Crippen LogP contribution < -0.4 is 10.6 Å². The van der Waals surface area contributed by atoms with Gasteiger partial charge in [-0.1, -0.05) is 64.7 Å². The SMILES string of the molecule is CCCCCCCCCCCCC(Oc1ccc([N+](=O)[O-])cc1)c1n[nH]c(=S)n1N. The number of nitrogens with one attached hydrogen (secondary N) is 1. The highest BCUT2D eigenvalue weighted by Crippen LogP contribution is 2.27. The van der Waals surface area contributed by atoms with Crippen LogP contribution in [0, 0.1) is 14.9 Å². The third-order valence-electron chi connectivity index (χ3n) is 5.17. The molecule has 0 aliphatic carbocycles. The molecule has 166 valence electrons. The number of nitrogens with two attached hydrogens (primary N) is 1. The van der Waals surface area contributed by atoms with E-state index < -0.39 is 4.92 Å². The van der Waals surface area contributed by atoms with Gasteiger partial charge in [-0.3, -0.25) is 15.2 Å².